The van der Waals surface area contributed by atoms with Gasteiger partial charge in [-0.2, -0.15) is 0 Å². The molecule has 1 aliphatic heterocycles. The fourth-order valence-electron chi connectivity index (χ4n) is 1.88. The zero-order valence-corrected chi connectivity index (χ0v) is 8.17. The fourth-order valence-corrected chi connectivity index (χ4v) is 1.88. The highest BCUT2D eigenvalue weighted by Gasteiger charge is 2.21. The summed E-state index contributed by atoms with van der Waals surface area (Å²) in [6.07, 6.45) is 0.818. The number of rotatable bonds is 2. The quantitative estimate of drug-likeness (QED) is 0.711. The number of ether oxygens (including phenoxy) is 1. The summed E-state index contributed by atoms with van der Waals surface area (Å²) in [5, 5.41) is 0. The van der Waals surface area contributed by atoms with Gasteiger partial charge in [0, 0.05) is 17.5 Å². The lowest BCUT2D eigenvalue weighted by Crippen LogP contribution is -2.16. The third-order valence-electron chi connectivity index (χ3n) is 2.55. The summed E-state index contributed by atoms with van der Waals surface area (Å²) in [6.45, 7) is 2.67. The number of nitrogens with two attached hydrogens (primary N) is 1. The van der Waals surface area contributed by atoms with Gasteiger partial charge in [0.2, 0.25) is 0 Å². The highest BCUT2D eigenvalue weighted by Crippen LogP contribution is 2.30. The van der Waals surface area contributed by atoms with Gasteiger partial charge in [0.05, 0.1) is 13.2 Å². The van der Waals surface area contributed by atoms with Crippen LogP contribution < -0.4 is 10.5 Å². The number of aryl methyl sites for hydroxylation is 1. The molecule has 3 nitrogen and oxygen atoms in total. The van der Waals surface area contributed by atoms with Crippen LogP contribution in [0.2, 0.25) is 0 Å². The summed E-state index contributed by atoms with van der Waals surface area (Å²) in [7, 11) is 0. The third kappa shape index (κ3) is 1.30. The summed E-state index contributed by atoms with van der Waals surface area (Å²) >= 11 is 0. The van der Waals surface area contributed by atoms with Crippen LogP contribution in [0.1, 0.15) is 21.5 Å². The molecule has 14 heavy (non-hydrogen) atoms. The van der Waals surface area contributed by atoms with E-state index in [0.717, 1.165) is 28.9 Å². The molecule has 0 fully saturated rings. The van der Waals surface area contributed by atoms with Crippen LogP contribution in [0.25, 0.3) is 0 Å². The zero-order valence-electron chi connectivity index (χ0n) is 8.17. The van der Waals surface area contributed by atoms with E-state index < -0.39 is 0 Å². The van der Waals surface area contributed by atoms with Crippen LogP contribution in [-0.2, 0) is 6.42 Å². The van der Waals surface area contributed by atoms with E-state index in [-0.39, 0.29) is 12.3 Å². The number of hydrogen-bond acceptors (Lipinski definition) is 3. The van der Waals surface area contributed by atoms with Crippen LogP contribution in [0.5, 0.6) is 5.75 Å². The maximum absolute atomic E-state index is 11.6. The van der Waals surface area contributed by atoms with Crippen molar-refractivity contribution in [2.24, 2.45) is 5.73 Å². The van der Waals surface area contributed by atoms with Gasteiger partial charge < -0.3 is 10.5 Å². The van der Waals surface area contributed by atoms with Gasteiger partial charge in [0.25, 0.3) is 0 Å². The summed E-state index contributed by atoms with van der Waals surface area (Å²) in [5.41, 5.74) is 8.16. The van der Waals surface area contributed by atoms with Crippen molar-refractivity contribution < 1.29 is 9.53 Å². The first-order valence-corrected chi connectivity index (χ1v) is 4.72. The third-order valence-corrected chi connectivity index (χ3v) is 2.55. The lowest BCUT2D eigenvalue weighted by atomic mass is 9.96. The van der Waals surface area contributed by atoms with Crippen molar-refractivity contribution in [2.75, 3.05) is 13.2 Å². The average Bonchev–Trinajstić information content (AvgIpc) is 2.64. The van der Waals surface area contributed by atoms with Crippen molar-refractivity contribution in [1.29, 1.82) is 0 Å². The predicted octanol–water partition coefficient (Wildman–Crippen LogP) is 1.07. The SMILES string of the molecule is Cc1ccc2c(c1C(=O)CN)CCO2. The Balaban J connectivity index is 2.57. The van der Waals surface area contributed by atoms with Gasteiger partial charge in [0.15, 0.2) is 5.78 Å². The Morgan fingerprint density at radius 3 is 3.07 bits per heavy atom. The molecule has 0 spiro atoms. The molecule has 1 aliphatic rings. The number of fused-ring (bicyclic) bond motifs is 1. The molecule has 0 bridgehead atoms. The summed E-state index contributed by atoms with van der Waals surface area (Å²) in [4.78, 5) is 11.6. The van der Waals surface area contributed by atoms with Crippen LogP contribution in [0.3, 0.4) is 0 Å². The highest BCUT2D eigenvalue weighted by molar-refractivity contribution is 6.00. The van der Waals surface area contributed by atoms with Crippen molar-refractivity contribution >= 4 is 5.78 Å². The number of Topliss-reactive ketones (excluding diaryl/α,β-unsaturated/α-hetero) is 1. The average molecular weight is 191 g/mol. The first-order chi connectivity index (χ1) is 6.74. The lowest BCUT2D eigenvalue weighted by Gasteiger charge is -2.08. The molecular formula is C11H13NO2. The second kappa shape index (κ2) is 3.42. The van der Waals surface area contributed by atoms with E-state index in [1.165, 1.54) is 0 Å². The van der Waals surface area contributed by atoms with Crippen LogP contribution in [0.4, 0.5) is 0 Å². The van der Waals surface area contributed by atoms with Gasteiger partial charge in [0.1, 0.15) is 5.75 Å². The van der Waals surface area contributed by atoms with E-state index in [9.17, 15) is 4.79 Å². The second-order valence-electron chi connectivity index (χ2n) is 3.46. The van der Waals surface area contributed by atoms with Crippen molar-refractivity contribution in [2.45, 2.75) is 13.3 Å². The Kier molecular flexibility index (Phi) is 2.25. The molecule has 1 aromatic rings. The molecular weight excluding hydrogens is 178 g/mol. The van der Waals surface area contributed by atoms with E-state index in [0.29, 0.717) is 6.61 Å². The molecule has 0 saturated carbocycles. The van der Waals surface area contributed by atoms with Gasteiger partial charge in [-0.3, -0.25) is 4.79 Å². The molecule has 0 atom stereocenters. The molecule has 0 aromatic heterocycles. The van der Waals surface area contributed by atoms with Crippen molar-refractivity contribution in [3.8, 4) is 5.75 Å². The Hall–Kier alpha value is -1.35. The van der Waals surface area contributed by atoms with Gasteiger partial charge in [-0.1, -0.05) is 6.07 Å². The van der Waals surface area contributed by atoms with Gasteiger partial charge >= 0.3 is 0 Å². The minimum absolute atomic E-state index is 0.00449. The Labute approximate surface area is 82.9 Å². The van der Waals surface area contributed by atoms with Crippen LogP contribution in [0.15, 0.2) is 12.1 Å². The van der Waals surface area contributed by atoms with Crippen LogP contribution in [-0.4, -0.2) is 18.9 Å². The Morgan fingerprint density at radius 2 is 2.36 bits per heavy atom. The zero-order chi connectivity index (χ0) is 10.1. The van der Waals surface area contributed by atoms with E-state index in [4.69, 9.17) is 10.5 Å². The monoisotopic (exact) mass is 191 g/mol. The van der Waals surface area contributed by atoms with Crippen molar-refractivity contribution in [1.82, 2.24) is 0 Å². The molecule has 2 N–H and O–H groups in total. The molecule has 2 rings (SSSR count). The van der Waals surface area contributed by atoms with Gasteiger partial charge in [-0.05, 0) is 18.6 Å². The molecule has 1 aromatic carbocycles. The number of ketones is 1. The summed E-state index contributed by atoms with van der Waals surface area (Å²) in [6, 6.07) is 3.83. The summed E-state index contributed by atoms with van der Waals surface area (Å²) in [5.74, 6) is 0.845. The Bertz CT molecular complexity index is 385. The molecule has 0 saturated heterocycles. The number of carbonyl (C=O) groups excluding carboxylic acids is 1. The topological polar surface area (TPSA) is 52.3 Å². The molecule has 3 heteroatoms. The maximum atomic E-state index is 11.6. The lowest BCUT2D eigenvalue weighted by molar-refractivity contribution is 0.1000. The largest absolute Gasteiger partial charge is 0.493 e. The first-order valence-electron chi connectivity index (χ1n) is 4.72. The predicted molar refractivity (Wildman–Crippen MR) is 53.8 cm³/mol. The fraction of sp³-hybridized carbons (Fsp3) is 0.364. The van der Waals surface area contributed by atoms with E-state index in [2.05, 4.69) is 0 Å². The molecule has 0 unspecified atom stereocenters. The molecule has 1 heterocycles. The second-order valence-corrected chi connectivity index (χ2v) is 3.46. The molecule has 0 amide bonds. The van der Waals surface area contributed by atoms with Gasteiger partial charge in [-0.15, -0.1) is 0 Å². The first kappa shape index (κ1) is 9.21. The molecule has 74 valence electrons. The number of hydrogen-bond donors (Lipinski definition) is 1. The Morgan fingerprint density at radius 1 is 1.57 bits per heavy atom. The minimum Gasteiger partial charge on any atom is -0.493 e. The van der Waals surface area contributed by atoms with Crippen molar-refractivity contribution in [3.05, 3.63) is 28.8 Å². The van der Waals surface area contributed by atoms with Crippen molar-refractivity contribution in [3.63, 3.8) is 0 Å². The van der Waals surface area contributed by atoms with Crippen LogP contribution in [0, 0.1) is 6.92 Å². The standard InChI is InChI=1S/C11H13NO2/c1-7-2-3-10-8(4-5-14-10)11(7)9(13)6-12/h2-3H,4-6,12H2,1H3. The van der Waals surface area contributed by atoms with Gasteiger partial charge in [-0.25, -0.2) is 0 Å². The number of carbonyl (C=O) groups is 1. The smallest absolute Gasteiger partial charge is 0.177 e. The van der Waals surface area contributed by atoms with E-state index in [1.807, 2.05) is 19.1 Å². The number of benzene rings is 1. The molecule has 0 aliphatic carbocycles. The maximum Gasteiger partial charge on any atom is 0.177 e. The highest BCUT2D eigenvalue weighted by atomic mass is 16.5. The van der Waals surface area contributed by atoms with E-state index >= 15 is 0 Å². The molecule has 0 radical (unpaired) electrons. The van der Waals surface area contributed by atoms with E-state index in [1.54, 1.807) is 0 Å². The van der Waals surface area contributed by atoms with Crippen LogP contribution >= 0.6 is 0 Å². The summed E-state index contributed by atoms with van der Waals surface area (Å²) < 4.78 is 5.40. The minimum atomic E-state index is 0.00449. The normalized spacial score (nSPS) is 13.6.